The van der Waals surface area contributed by atoms with Crippen LogP contribution in [0.5, 0.6) is 0 Å². The van der Waals surface area contributed by atoms with Crippen molar-refractivity contribution < 1.29 is 4.74 Å². The van der Waals surface area contributed by atoms with Crippen molar-refractivity contribution in [2.24, 2.45) is 0 Å². The number of ether oxygens (including phenoxy) is 1. The van der Waals surface area contributed by atoms with Gasteiger partial charge >= 0.3 is 0 Å². The molecule has 0 aliphatic carbocycles. The third-order valence-electron chi connectivity index (χ3n) is 0.827. The highest BCUT2D eigenvalue weighted by molar-refractivity contribution is 5.75. The van der Waals surface area contributed by atoms with Gasteiger partial charge < -0.3 is 4.74 Å². The van der Waals surface area contributed by atoms with E-state index >= 15 is 0 Å². The average molecular weight is 87.0 g/mol. The Bertz CT molecular complexity index is 19.1. The van der Waals surface area contributed by atoms with Gasteiger partial charge in [-0.05, 0) is 12.8 Å². The van der Waals surface area contributed by atoms with Crippen LogP contribution in [0.15, 0.2) is 0 Å². The smallest absolute Gasteiger partial charge is 0.0466 e. The minimum Gasteiger partial charge on any atom is -0.381 e. The molecule has 38 valence electrons. The fourth-order valence-corrected chi connectivity index (χ4v) is 0.510. The SMILES string of the molecule is C1CCOC1.[BH4-]. The minimum atomic E-state index is 0. The van der Waals surface area contributed by atoms with Crippen LogP contribution >= 0.6 is 0 Å². The van der Waals surface area contributed by atoms with Crippen LogP contribution in [0.1, 0.15) is 12.8 Å². The first-order valence-corrected chi connectivity index (χ1v) is 2.08. The Balaban J connectivity index is 0.000000250. The summed E-state index contributed by atoms with van der Waals surface area (Å²) >= 11 is 0. The lowest BCUT2D eigenvalue weighted by Crippen LogP contribution is -1.74. The molecule has 1 rings (SSSR count). The number of hydrogen-bond donors (Lipinski definition) is 0. The van der Waals surface area contributed by atoms with Gasteiger partial charge in [0.15, 0.2) is 0 Å². The zero-order valence-electron chi connectivity index (χ0n) is 3.24. The molecule has 1 fully saturated rings. The summed E-state index contributed by atoms with van der Waals surface area (Å²) in [4.78, 5) is 0. The topological polar surface area (TPSA) is 9.23 Å². The quantitative estimate of drug-likeness (QED) is 0.356. The second-order valence-electron chi connectivity index (χ2n) is 1.32. The molecule has 0 amide bonds. The van der Waals surface area contributed by atoms with Crippen LogP contribution in [0.2, 0.25) is 0 Å². The van der Waals surface area contributed by atoms with Crippen molar-refractivity contribution in [3.8, 4) is 0 Å². The summed E-state index contributed by atoms with van der Waals surface area (Å²) < 4.78 is 4.94. The van der Waals surface area contributed by atoms with Crippen molar-refractivity contribution in [1.82, 2.24) is 0 Å². The van der Waals surface area contributed by atoms with Gasteiger partial charge in [-0.2, -0.15) is 0 Å². The molecule has 1 nitrogen and oxygen atoms in total. The zero-order chi connectivity index (χ0) is 3.54. The molecule has 0 aromatic heterocycles. The fraction of sp³-hybridized carbons (Fsp3) is 1.00. The van der Waals surface area contributed by atoms with E-state index < -0.39 is 0 Å². The molecule has 2 heteroatoms. The molecule has 0 saturated carbocycles. The van der Waals surface area contributed by atoms with Crippen LogP contribution in [0.25, 0.3) is 0 Å². The van der Waals surface area contributed by atoms with Gasteiger partial charge in [-0.25, -0.2) is 0 Å². The summed E-state index contributed by atoms with van der Waals surface area (Å²) in [5.41, 5.74) is 0. The van der Waals surface area contributed by atoms with E-state index in [0.717, 1.165) is 13.2 Å². The Labute approximate surface area is 40.3 Å². The average Bonchev–Trinajstić information content (AvgIpc) is 1.76. The summed E-state index contributed by atoms with van der Waals surface area (Å²) in [7, 11) is 0. The van der Waals surface area contributed by atoms with Gasteiger partial charge in [-0.3, -0.25) is 0 Å². The summed E-state index contributed by atoms with van der Waals surface area (Å²) in [6.07, 6.45) is 2.56. The highest BCUT2D eigenvalue weighted by Crippen LogP contribution is 1.98. The Kier molecular flexibility index (Phi) is 3.24. The van der Waals surface area contributed by atoms with Gasteiger partial charge in [0, 0.05) is 13.2 Å². The van der Waals surface area contributed by atoms with E-state index in [1.165, 1.54) is 12.8 Å². The van der Waals surface area contributed by atoms with E-state index in [1.54, 1.807) is 0 Å². The maximum atomic E-state index is 4.94. The second-order valence-corrected chi connectivity index (χ2v) is 1.32. The fourth-order valence-electron chi connectivity index (χ4n) is 0.510. The van der Waals surface area contributed by atoms with Gasteiger partial charge in [0.1, 0.15) is 0 Å². The van der Waals surface area contributed by atoms with Crippen LogP contribution in [0, 0.1) is 0 Å². The van der Waals surface area contributed by atoms with Crippen LogP contribution < -0.4 is 0 Å². The Morgan fingerprint density at radius 1 is 1.00 bits per heavy atom. The predicted molar refractivity (Wildman–Crippen MR) is 31.4 cm³/mol. The van der Waals surface area contributed by atoms with E-state index in [2.05, 4.69) is 0 Å². The number of hydrogen-bond acceptors (Lipinski definition) is 1. The zero-order valence-corrected chi connectivity index (χ0v) is 3.24. The molecule has 1 heterocycles. The maximum absolute atomic E-state index is 4.94. The van der Waals surface area contributed by atoms with Crippen molar-refractivity contribution in [3.05, 3.63) is 0 Å². The Hall–Kier alpha value is 0.0249. The highest BCUT2D eigenvalue weighted by atomic mass is 16.5. The minimum absolute atomic E-state index is 0. The second kappa shape index (κ2) is 3.22. The molecular weight excluding hydrogens is 74.9 g/mol. The molecule has 0 aromatic carbocycles. The molecule has 6 heavy (non-hydrogen) atoms. The first-order valence-electron chi connectivity index (χ1n) is 2.08. The molecule has 1 saturated heterocycles. The van der Waals surface area contributed by atoms with Gasteiger partial charge in [0.25, 0.3) is 0 Å². The van der Waals surface area contributed by atoms with E-state index in [0.29, 0.717) is 0 Å². The third-order valence-corrected chi connectivity index (χ3v) is 0.827. The molecular formula is C4H12BO-. The molecule has 0 bridgehead atoms. The highest BCUT2D eigenvalue weighted by Gasteiger charge is 1.94. The standard InChI is InChI=1S/C4H8O.BH4/c1-2-4-5-3-1;/h1-4H2;1H4/q;-1. The van der Waals surface area contributed by atoms with Crippen molar-refractivity contribution in [1.29, 1.82) is 0 Å². The molecule has 0 atom stereocenters. The van der Waals surface area contributed by atoms with Gasteiger partial charge in [0.2, 0.25) is 0 Å². The van der Waals surface area contributed by atoms with Crippen LogP contribution in [-0.4, -0.2) is 21.6 Å². The van der Waals surface area contributed by atoms with Gasteiger partial charge in [0.05, 0.1) is 0 Å². The van der Waals surface area contributed by atoms with Crippen molar-refractivity contribution in [2.75, 3.05) is 13.2 Å². The lowest BCUT2D eigenvalue weighted by molar-refractivity contribution is 0.198. The van der Waals surface area contributed by atoms with Gasteiger partial charge in [-0.1, -0.05) is 8.41 Å². The van der Waals surface area contributed by atoms with Crippen LogP contribution in [0.3, 0.4) is 0 Å². The molecule has 0 spiro atoms. The molecule has 1 aliphatic rings. The van der Waals surface area contributed by atoms with E-state index in [4.69, 9.17) is 4.74 Å². The normalized spacial score (nSPS) is 20.0. The van der Waals surface area contributed by atoms with E-state index in [-0.39, 0.29) is 8.41 Å². The maximum Gasteiger partial charge on any atom is 0.0466 e. The van der Waals surface area contributed by atoms with Crippen molar-refractivity contribution in [2.45, 2.75) is 12.8 Å². The van der Waals surface area contributed by atoms with Gasteiger partial charge in [-0.15, -0.1) is 0 Å². The Morgan fingerprint density at radius 2 is 1.50 bits per heavy atom. The Morgan fingerprint density at radius 3 is 1.67 bits per heavy atom. The molecule has 0 N–H and O–H groups in total. The van der Waals surface area contributed by atoms with Crippen molar-refractivity contribution in [3.63, 3.8) is 0 Å². The summed E-state index contributed by atoms with van der Waals surface area (Å²) in [5.74, 6) is 0. The van der Waals surface area contributed by atoms with Crippen LogP contribution in [-0.2, 0) is 4.74 Å². The molecule has 0 unspecified atom stereocenters. The molecule has 1 aliphatic heterocycles. The lowest BCUT2D eigenvalue weighted by atomic mass is 10.4. The molecule has 0 radical (unpaired) electrons. The summed E-state index contributed by atoms with van der Waals surface area (Å²) in [6.45, 7) is 2.00. The largest absolute Gasteiger partial charge is 0.381 e. The number of rotatable bonds is 0. The first kappa shape index (κ1) is 6.02. The third kappa shape index (κ3) is 1.46. The predicted octanol–water partition coefficient (Wildman–Crippen LogP) is -0.655. The van der Waals surface area contributed by atoms with Crippen molar-refractivity contribution >= 4 is 8.41 Å². The summed E-state index contributed by atoms with van der Waals surface area (Å²) in [5, 5.41) is 0. The van der Waals surface area contributed by atoms with Crippen LogP contribution in [0.4, 0.5) is 0 Å². The van der Waals surface area contributed by atoms with E-state index in [9.17, 15) is 0 Å². The first-order chi connectivity index (χ1) is 2.50. The monoisotopic (exact) mass is 87.1 g/mol. The molecule has 0 aromatic rings. The summed E-state index contributed by atoms with van der Waals surface area (Å²) in [6, 6.07) is 0. The lowest BCUT2D eigenvalue weighted by Gasteiger charge is -1.76. The van der Waals surface area contributed by atoms with E-state index in [1.807, 2.05) is 0 Å².